The Morgan fingerprint density at radius 1 is 1.31 bits per heavy atom. The molecule has 0 bridgehead atoms. The Labute approximate surface area is 94.1 Å². The number of nitrogens with two attached hydrogens (primary N) is 1. The average Bonchev–Trinajstić information content (AvgIpc) is 2.68. The number of nitrogens with zero attached hydrogens (tertiary/aromatic N) is 2. The van der Waals surface area contributed by atoms with Gasteiger partial charge in [0.1, 0.15) is 5.82 Å². The molecule has 0 aliphatic carbocycles. The van der Waals surface area contributed by atoms with E-state index in [9.17, 15) is 9.18 Å². The van der Waals surface area contributed by atoms with Gasteiger partial charge in [0.15, 0.2) is 0 Å². The summed E-state index contributed by atoms with van der Waals surface area (Å²) in [7, 11) is 0. The van der Waals surface area contributed by atoms with Gasteiger partial charge in [0.05, 0.1) is 0 Å². The smallest absolute Gasteiger partial charge is 0.286 e. The standard InChI is InChI=1S/C9H7FN4OS/c10-5-1-3-6(4-2-5)12-7(15)8-13-14-9(11)16-8/h1-4H,(H2,11,14)(H,12,15). The summed E-state index contributed by atoms with van der Waals surface area (Å²) >= 11 is 0.988. The largest absolute Gasteiger partial charge is 0.374 e. The van der Waals surface area contributed by atoms with Gasteiger partial charge in [0.25, 0.3) is 5.91 Å². The summed E-state index contributed by atoms with van der Waals surface area (Å²) < 4.78 is 12.6. The fourth-order valence-electron chi connectivity index (χ4n) is 1.04. The van der Waals surface area contributed by atoms with E-state index in [1.54, 1.807) is 0 Å². The molecule has 82 valence electrons. The van der Waals surface area contributed by atoms with Crippen molar-refractivity contribution in [1.82, 2.24) is 10.2 Å². The maximum Gasteiger partial charge on any atom is 0.286 e. The highest BCUT2D eigenvalue weighted by Crippen LogP contribution is 2.14. The van der Waals surface area contributed by atoms with E-state index < -0.39 is 5.91 Å². The van der Waals surface area contributed by atoms with Crippen LogP contribution in [0.5, 0.6) is 0 Å². The zero-order chi connectivity index (χ0) is 11.5. The van der Waals surface area contributed by atoms with Gasteiger partial charge < -0.3 is 11.1 Å². The summed E-state index contributed by atoms with van der Waals surface area (Å²) in [5, 5.41) is 10.0. The molecule has 5 nitrogen and oxygen atoms in total. The third-order valence-corrected chi connectivity index (χ3v) is 2.49. The van der Waals surface area contributed by atoms with Gasteiger partial charge in [-0.25, -0.2) is 4.39 Å². The Bertz CT molecular complexity index is 510. The number of nitrogens with one attached hydrogen (secondary N) is 1. The lowest BCUT2D eigenvalue weighted by Gasteiger charge is -2.01. The van der Waals surface area contributed by atoms with Crippen LogP contribution in [0, 0.1) is 5.82 Å². The second-order valence-corrected chi connectivity index (χ2v) is 3.92. The quantitative estimate of drug-likeness (QED) is 0.831. The van der Waals surface area contributed by atoms with Crippen LogP contribution in [0.2, 0.25) is 0 Å². The molecule has 0 saturated carbocycles. The molecule has 0 aliphatic rings. The van der Waals surface area contributed by atoms with E-state index in [-0.39, 0.29) is 16.0 Å². The minimum Gasteiger partial charge on any atom is -0.374 e. The van der Waals surface area contributed by atoms with E-state index in [0.29, 0.717) is 5.69 Å². The average molecular weight is 238 g/mol. The molecule has 0 saturated heterocycles. The first-order valence-electron chi connectivity index (χ1n) is 4.31. The highest BCUT2D eigenvalue weighted by Gasteiger charge is 2.11. The molecule has 0 unspecified atom stereocenters. The predicted molar refractivity (Wildman–Crippen MR) is 58.7 cm³/mol. The van der Waals surface area contributed by atoms with Gasteiger partial charge >= 0.3 is 0 Å². The molecule has 0 spiro atoms. The minimum absolute atomic E-state index is 0.168. The maximum absolute atomic E-state index is 12.6. The summed E-state index contributed by atoms with van der Waals surface area (Å²) in [6.07, 6.45) is 0. The Balaban J connectivity index is 2.10. The molecular weight excluding hydrogens is 231 g/mol. The predicted octanol–water partition coefficient (Wildman–Crippen LogP) is 1.51. The van der Waals surface area contributed by atoms with E-state index in [4.69, 9.17) is 5.73 Å². The topological polar surface area (TPSA) is 80.9 Å². The third kappa shape index (κ3) is 2.31. The number of rotatable bonds is 2. The Morgan fingerprint density at radius 2 is 2.00 bits per heavy atom. The van der Waals surface area contributed by atoms with E-state index in [0.717, 1.165) is 11.3 Å². The Kier molecular flexibility index (Phi) is 2.78. The van der Waals surface area contributed by atoms with Gasteiger partial charge in [0, 0.05) is 5.69 Å². The number of anilines is 2. The lowest BCUT2D eigenvalue weighted by molar-refractivity contribution is 0.102. The first-order valence-corrected chi connectivity index (χ1v) is 5.13. The number of hydrogen-bond donors (Lipinski definition) is 2. The van der Waals surface area contributed by atoms with Crippen molar-refractivity contribution >= 4 is 28.1 Å². The van der Waals surface area contributed by atoms with Gasteiger partial charge in [-0.2, -0.15) is 0 Å². The summed E-state index contributed by atoms with van der Waals surface area (Å²) in [6, 6.07) is 5.42. The molecule has 0 atom stereocenters. The number of nitrogen functional groups attached to an aromatic ring is 1. The zero-order valence-corrected chi connectivity index (χ0v) is 8.79. The van der Waals surface area contributed by atoms with Gasteiger partial charge in [-0.1, -0.05) is 11.3 Å². The van der Waals surface area contributed by atoms with Crippen LogP contribution >= 0.6 is 11.3 Å². The van der Waals surface area contributed by atoms with Gasteiger partial charge in [-0.05, 0) is 24.3 Å². The third-order valence-electron chi connectivity index (χ3n) is 1.74. The molecular formula is C9H7FN4OS. The Hall–Kier alpha value is -2.02. The van der Waals surface area contributed by atoms with Crippen LogP contribution in [0.15, 0.2) is 24.3 Å². The van der Waals surface area contributed by atoms with Crippen molar-refractivity contribution in [1.29, 1.82) is 0 Å². The number of hydrogen-bond acceptors (Lipinski definition) is 5. The molecule has 2 rings (SSSR count). The number of carbonyl (C=O) groups excluding carboxylic acids is 1. The van der Waals surface area contributed by atoms with Crippen molar-refractivity contribution in [3.8, 4) is 0 Å². The normalized spacial score (nSPS) is 10.1. The van der Waals surface area contributed by atoms with Crippen molar-refractivity contribution in [3.05, 3.63) is 35.1 Å². The molecule has 16 heavy (non-hydrogen) atoms. The van der Waals surface area contributed by atoms with Gasteiger partial charge in [-0.3, -0.25) is 4.79 Å². The summed E-state index contributed by atoms with van der Waals surface area (Å²) in [5.74, 6) is -0.779. The summed E-state index contributed by atoms with van der Waals surface area (Å²) in [5.41, 5.74) is 5.83. The molecule has 0 aliphatic heterocycles. The molecule has 1 aromatic heterocycles. The molecule has 7 heteroatoms. The van der Waals surface area contributed by atoms with Crippen LogP contribution in [-0.2, 0) is 0 Å². The molecule has 2 aromatic rings. The fraction of sp³-hybridized carbons (Fsp3) is 0. The molecule has 0 fully saturated rings. The number of carbonyl (C=O) groups is 1. The number of amides is 1. The SMILES string of the molecule is Nc1nnc(C(=O)Nc2ccc(F)cc2)s1. The minimum atomic E-state index is -0.416. The lowest BCUT2D eigenvalue weighted by atomic mass is 10.3. The van der Waals surface area contributed by atoms with Gasteiger partial charge in [-0.15, -0.1) is 10.2 Å². The van der Waals surface area contributed by atoms with E-state index in [1.807, 2.05) is 0 Å². The number of halogens is 1. The first-order chi connectivity index (χ1) is 7.65. The highest BCUT2D eigenvalue weighted by molar-refractivity contribution is 7.16. The van der Waals surface area contributed by atoms with Crippen LogP contribution in [0.25, 0.3) is 0 Å². The van der Waals surface area contributed by atoms with Crippen LogP contribution in [0.4, 0.5) is 15.2 Å². The van der Waals surface area contributed by atoms with Crippen molar-refractivity contribution in [2.24, 2.45) is 0 Å². The van der Waals surface area contributed by atoms with Gasteiger partial charge in [0.2, 0.25) is 10.1 Å². The maximum atomic E-state index is 12.6. The van der Waals surface area contributed by atoms with E-state index >= 15 is 0 Å². The Morgan fingerprint density at radius 3 is 2.56 bits per heavy atom. The lowest BCUT2D eigenvalue weighted by Crippen LogP contribution is -2.11. The van der Waals surface area contributed by atoms with Crippen LogP contribution in [0.3, 0.4) is 0 Å². The van der Waals surface area contributed by atoms with Crippen LogP contribution in [-0.4, -0.2) is 16.1 Å². The molecule has 0 radical (unpaired) electrons. The highest BCUT2D eigenvalue weighted by atomic mass is 32.1. The first kappa shape index (κ1) is 10.5. The van der Waals surface area contributed by atoms with Crippen molar-refractivity contribution in [2.45, 2.75) is 0 Å². The number of benzene rings is 1. The molecule has 1 amide bonds. The number of aromatic nitrogens is 2. The summed E-state index contributed by atoms with van der Waals surface area (Å²) in [4.78, 5) is 11.6. The fourth-order valence-corrected chi connectivity index (χ4v) is 1.55. The van der Waals surface area contributed by atoms with Crippen molar-refractivity contribution in [2.75, 3.05) is 11.1 Å². The second-order valence-electron chi connectivity index (χ2n) is 2.91. The van der Waals surface area contributed by atoms with Crippen molar-refractivity contribution in [3.63, 3.8) is 0 Å². The zero-order valence-electron chi connectivity index (χ0n) is 7.98. The van der Waals surface area contributed by atoms with Crippen LogP contribution in [0.1, 0.15) is 9.80 Å². The van der Waals surface area contributed by atoms with Crippen LogP contribution < -0.4 is 11.1 Å². The molecule has 1 aromatic carbocycles. The van der Waals surface area contributed by atoms with E-state index in [2.05, 4.69) is 15.5 Å². The molecule has 3 N–H and O–H groups in total. The second kappa shape index (κ2) is 4.23. The van der Waals surface area contributed by atoms with Crippen molar-refractivity contribution < 1.29 is 9.18 Å². The monoisotopic (exact) mass is 238 g/mol. The van der Waals surface area contributed by atoms with E-state index in [1.165, 1.54) is 24.3 Å². The summed E-state index contributed by atoms with van der Waals surface area (Å²) in [6.45, 7) is 0. The molecule has 1 heterocycles.